The summed E-state index contributed by atoms with van der Waals surface area (Å²) in [7, 11) is 0. The molecule has 9 nitrogen and oxygen atoms in total. The summed E-state index contributed by atoms with van der Waals surface area (Å²) in [5.41, 5.74) is 12.7. The van der Waals surface area contributed by atoms with Crippen molar-refractivity contribution in [2.24, 2.45) is 11.7 Å². The summed E-state index contributed by atoms with van der Waals surface area (Å²) in [6.45, 7) is 0.353. The van der Waals surface area contributed by atoms with E-state index < -0.39 is 4.92 Å². The lowest BCUT2D eigenvalue weighted by atomic mass is 9.83. The molecule has 2 heterocycles. The van der Waals surface area contributed by atoms with Crippen molar-refractivity contribution >= 4 is 29.1 Å². The maximum Gasteiger partial charge on any atom is 0.332 e. The van der Waals surface area contributed by atoms with E-state index in [1.165, 1.54) is 0 Å². The van der Waals surface area contributed by atoms with Crippen molar-refractivity contribution in [3.05, 3.63) is 44.9 Å². The molecule has 1 saturated carbocycles. The molecule has 0 unspecified atom stereocenters. The van der Waals surface area contributed by atoms with Gasteiger partial charge >= 0.3 is 5.69 Å². The molecule has 27 heavy (non-hydrogen) atoms. The Morgan fingerprint density at radius 2 is 2.00 bits per heavy atom. The first-order valence-corrected chi connectivity index (χ1v) is 9.21. The predicted molar refractivity (Wildman–Crippen MR) is 103 cm³/mol. The van der Waals surface area contributed by atoms with Crippen molar-refractivity contribution < 1.29 is 4.92 Å². The molecule has 0 atom stereocenters. The van der Waals surface area contributed by atoms with Crippen LogP contribution in [0.4, 0.5) is 17.5 Å². The summed E-state index contributed by atoms with van der Waals surface area (Å²) >= 11 is 5.82. The van der Waals surface area contributed by atoms with Gasteiger partial charge < -0.3 is 16.8 Å². The molecular weight excluding hydrogens is 370 g/mol. The third-order valence-electron chi connectivity index (χ3n) is 4.76. The van der Waals surface area contributed by atoms with E-state index in [-0.39, 0.29) is 23.5 Å². The average molecular weight is 392 g/mol. The van der Waals surface area contributed by atoms with E-state index in [2.05, 4.69) is 20.3 Å². The van der Waals surface area contributed by atoms with Gasteiger partial charge in [0.05, 0.1) is 22.2 Å². The van der Waals surface area contributed by atoms with Gasteiger partial charge in [-0.05, 0) is 50.2 Å². The van der Waals surface area contributed by atoms with Gasteiger partial charge in [-0.15, -0.1) is 0 Å². The highest BCUT2D eigenvalue weighted by Crippen LogP contribution is 2.31. The quantitative estimate of drug-likeness (QED) is 0.503. The Morgan fingerprint density at radius 1 is 1.26 bits per heavy atom. The van der Waals surface area contributed by atoms with Crippen LogP contribution in [0.5, 0.6) is 0 Å². The first-order chi connectivity index (χ1) is 12.9. The topological polar surface area (TPSA) is 146 Å². The largest absolute Gasteiger partial charge is 0.378 e. The van der Waals surface area contributed by atoms with Gasteiger partial charge in [0.15, 0.2) is 0 Å². The molecule has 1 aliphatic rings. The predicted octanol–water partition coefficient (Wildman–Crippen LogP) is 2.69. The number of hydrogen-bond acceptors (Lipinski definition) is 8. The van der Waals surface area contributed by atoms with Crippen LogP contribution in [0.1, 0.15) is 37.1 Å². The molecule has 144 valence electrons. The lowest BCUT2D eigenvalue weighted by Crippen LogP contribution is -2.27. The number of nitrogens with one attached hydrogen (secondary N) is 1. The summed E-state index contributed by atoms with van der Waals surface area (Å²) in [5, 5.41) is 15.0. The average Bonchev–Trinajstić information content (AvgIpc) is 2.62. The Morgan fingerprint density at radius 3 is 2.63 bits per heavy atom. The van der Waals surface area contributed by atoms with Crippen molar-refractivity contribution in [1.29, 1.82) is 0 Å². The first-order valence-electron chi connectivity index (χ1n) is 8.83. The van der Waals surface area contributed by atoms with Gasteiger partial charge in [-0.25, -0.2) is 4.98 Å². The monoisotopic (exact) mass is 391 g/mol. The highest BCUT2D eigenvalue weighted by atomic mass is 35.5. The van der Waals surface area contributed by atoms with Gasteiger partial charge in [0, 0.05) is 12.2 Å². The molecule has 2 aromatic heterocycles. The Balaban J connectivity index is 1.77. The Hall–Kier alpha value is -2.52. The Kier molecular flexibility index (Phi) is 6.02. The zero-order valence-electron chi connectivity index (χ0n) is 14.8. The van der Waals surface area contributed by atoms with Crippen LogP contribution in [0.3, 0.4) is 0 Å². The number of halogens is 1. The molecule has 0 aromatic carbocycles. The second-order valence-electron chi connectivity index (χ2n) is 6.79. The summed E-state index contributed by atoms with van der Waals surface area (Å²) in [5.74, 6) is 0.421. The number of pyridine rings is 1. The summed E-state index contributed by atoms with van der Waals surface area (Å²) in [6, 6.07) is 3.72. The molecular formula is C17H22ClN7O2. The van der Waals surface area contributed by atoms with Gasteiger partial charge in [-0.2, -0.15) is 4.98 Å². The molecule has 0 radical (unpaired) electrons. The number of nitrogens with two attached hydrogens (primary N) is 2. The van der Waals surface area contributed by atoms with Crippen molar-refractivity contribution in [2.75, 3.05) is 11.1 Å². The molecule has 1 fully saturated rings. The maximum absolute atomic E-state index is 11.4. The number of nitrogens with zero attached hydrogens (tertiary/aromatic N) is 4. The third-order valence-corrected chi connectivity index (χ3v) is 4.98. The number of nitro groups is 1. The zero-order valence-corrected chi connectivity index (χ0v) is 15.5. The minimum absolute atomic E-state index is 0.135. The van der Waals surface area contributed by atoms with E-state index in [0.29, 0.717) is 29.6 Å². The van der Waals surface area contributed by atoms with Gasteiger partial charge in [0.1, 0.15) is 5.69 Å². The number of nitrogen functional groups attached to an aromatic ring is 1. The molecule has 0 aliphatic heterocycles. The van der Waals surface area contributed by atoms with Crippen LogP contribution < -0.4 is 16.8 Å². The summed E-state index contributed by atoms with van der Waals surface area (Å²) in [6.07, 6.45) is 5.74. The van der Waals surface area contributed by atoms with Crippen LogP contribution in [0.15, 0.2) is 18.3 Å². The van der Waals surface area contributed by atoms with E-state index in [1.807, 2.05) is 0 Å². The number of rotatable bonds is 6. The normalized spacial score (nSPS) is 19.6. The van der Waals surface area contributed by atoms with Crippen LogP contribution in [0.25, 0.3) is 0 Å². The van der Waals surface area contributed by atoms with Crippen LogP contribution in [-0.2, 0) is 13.0 Å². The smallest absolute Gasteiger partial charge is 0.332 e. The molecule has 10 heteroatoms. The minimum Gasteiger partial charge on any atom is -0.378 e. The van der Waals surface area contributed by atoms with Crippen molar-refractivity contribution in [1.82, 2.24) is 15.0 Å². The molecule has 0 saturated heterocycles. The van der Waals surface area contributed by atoms with Crippen molar-refractivity contribution in [3.63, 3.8) is 0 Å². The fraction of sp³-hybridized carbons (Fsp3) is 0.471. The van der Waals surface area contributed by atoms with Crippen molar-refractivity contribution in [2.45, 2.75) is 44.7 Å². The van der Waals surface area contributed by atoms with Gasteiger partial charge in [0.2, 0.25) is 11.8 Å². The first kappa shape index (κ1) is 19.2. The van der Waals surface area contributed by atoms with Crippen LogP contribution >= 0.6 is 11.6 Å². The second-order valence-corrected chi connectivity index (χ2v) is 7.23. The highest BCUT2D eigenvalue weighted by Gasteiger charge is 2.27. The lowest BCUT2D eigenvalue weighted by Gasteiger charge is -2.25. The zero-order chi connectivity index (χ0) is 19.4. The standard InChI is InChI=1S/C17H22ClN7O2/c18-11-3-6-13(21-8-11)9-22-17-23-14(15(25(26)27)16(20)24-17)7-10-1-4-12(19)5-2-10/h3,6,8,10,12H,1-2,4-5,7,9,19H2,(H3,20,22,23,24). The van der Waals surface area contributed by atoms with E-state index in [9.17, 15) is 10.1 Å². The van der Waals surface area contributed by atoms with Crippen LogP contribution in [0.2, 0.25) is 5.02 Å². The third kappa shape index (κ3) is 5.01. The molecule has 0 spiro atoms. The summed E-state index contributed by atoms with van der Waals surface area (Å²) in [4.78, 5) is 23.5. The van der Waals surface area contributed by atoms with Crippen LogP contribution in [0, 0.1) is 16.0 Å². The number of hydrogen-bond donors (Lipinski definition) is 3. The van der Waals surface area contributed by atoms with Crippen molar-refractivity contribution in [3.8, 4) is 0 Å². The van der Waals surface area contributed by atoms with Crippen LogP contribution in [-0.4, -0.2) is 25.9 Å². The molecule has 0 bridgehead atoms. The lowest BCUT2D eigenvalue weighted by molar-refractivity contribution is -0.385. The SMILES string of the molecule is Nc1nc(NCc2ccc(Cl)cn2)nc(CC2CCC(N)CC2)c1[N+](=O)[O-]. The molecule has 1 aliphatic carbocycles. The van der Waals surface area contributed by atoms with E-state index in [0.717, 1.165) is 31.4 Å². The summed E-state index contributed by atoms with van der Waals surface area (Å²) < 4.78 is 0. The van der Waals surface area contributed by atoms with Gasteiger partial charge in [-0.1, -0.05) is 11.6 Å². The minimum atomic E-state index is -0.510. The number of aromatic nitrogens is 3. The molecule has 2 aromatic rings. The Labute approximate surface area is 161 Å². The molecule has 3 rings (SSSR count). The van der Waals surface area contributed by atoms with E-state index in [4.69, 9.17) is 23.1 Å². The van der Waals surface area contributed by atoms with Gasteiger partial charge in [-0.3, -0.25) is 15.1 Å². The second kappa shape index (κ2) is 8.45. The number of anilines is 2. The van der Waals surface area contributed by atoms with Gasteiger partial charge in [0.25, 0.3) is 0 Å². The van der Waals surface area contributed by atoms with E-state index in [1.54, 1.807) is 18.3 Å². The van der Waals surface area contributed by atoms with E-state index >= 15 is 0 Å². The molecule has 5 N–H and O–H groups in total. The highest BCUT2D eigenvalue weighted by molar-refractivity contribution is 6.30. The molecule has 0 amide bonds. The maximum atomic E-state index is 11.4. The fourth-order valence-electron chi connectivity index (χ4n) is 3.29. The Bertz CT molecular complexity index is 808. The fourth-order valence-corrected chi connectivity index (χ4v) is 3.40.